The minimum Gasteiger partial charge on any atom is -0.496 e. The molecule has 0 aromatic heterocycles. The van der Waals surface area contributed by atoms with Gasteiger partial charge in [0.1, 0.15) is 5.75 Å². The van der Waals surface area contributed by atoms with Crippen molar-refractivity contribution in [2.45, 2.75) is 19.1 Å². The lowest BCUT2D eigenvalue weighted by atomic mass is 9.98. The number of benzene rings is 1. The summed E-state index contributed by atoms with van der Waals surface area (Å²) in [6.45, 7) is 2.00. The minimum atomic E-state index is -0.355. The number of hydrogen-bond donors (Lipinski definition) is 0. The quantitative estimate of drug-likeness (QED) is 0.712. The third-order valence-electron chi connectivity index (χ3n) is 3.10. The summed E-state index contributed by atoms with van der Waals surface area (Å²) in [7, 11) is 8.03. The molecule has 19 heavy (non-hydrogen) atoms. The van der Waals surface area contributed by atoms with Crippen molar-refractivity contribution in [3.63, 3.8) is 0 Å². The Kier molecular flexibility index (Phi) is 5.92. The zero-order chi connectivity index (χ0) is 14.4. The Labute approximate surface area is 114 Å². The molecular formula is C14H22O5. The highest BCUT2D eigenvalue weighted by molar-refractivity contribution is 5.52. The molecule has 1 aromatic carbocycles. The normalized spacial score (nSPS) is 12.4. The molecule has 0 saturated heterocycles. The van der Waals surface area contributed by atoms with Gasteiger partial charge in [0.25, 0.3) is 0 Å². The number of ether oxygens (including phenoxy) is 5. The van der Waals surface area contributed by atoms with Gasteiger partial charge in [0, 0.05) is 31.8 Å². The largest absolute Gasteiger partial charge is 0.496 e. The van der Waals surface area contributed by atoms with Crippen LogP contribution in [0.25, 0.3) is 0 Å². The van der Waals surface area contributed by atoms with Gasteiger partial charge in [-0.15, -0.1) is 0 Å². The highest BCUT2D eigenvalue weighted by atomic mass is 16.7. The summed E-state index contributed by atoms with van der Waals surface area (Å²) >= 11 is 0. The Balaban J connectivity index is 3.24. The average molecular weight is 270 g/mol. The van der Waals surface area contributed by atoms with Crippen molar-refractivity contribution >= 4 is 0 Å². The SMILES string of the molecule is COc1cc(OC)c([C@H](C)C(OC)OC)cc1OC. The fourth-order valence-corrected chi connectivity index (χ4v) is 2.06. The lowest BCUT2D eigenvalue weighted by Crippen LogP contribution is -2.21. The maximum absolute atomic E-state index is 5.40. The van der Waals surface area contributed by atoms with Gasteiger partial charge in [-0.05, 0) is 6.07 Å². The van der Waals surface area contributed by atoms with Crippen molar-refractivity contribution in [1.29, 1.82) is 0 Å². The van der Waals surface area contributed by atoms with Crippen LogP contribution in [0.3, 0.4) is 0 Å². The van der Waals surface area contributed by atoms with Crippen LogP contribution in [0.5, 0.6) is 17.2 Å². The third kappa shape index (κ3) is 3.30. The standard InChI is InChI=1S/C14H22O5/c1-9(14(18-5)19-6)10-7-12(16-3)13(17-4)8-11(10)15-2/h7-9,14H,1-6H3/t9-/m0/s1. The number of rotatable bonds is 7. The highest BCUT2D eigenvalue weighted by Crippen LogP contribution is 2.39. The summed E-state index contributed by atoms with van der Waals surface area (Å²) < 4.78 is 26.6. The molecule has 0 N–H and O–H groups in total. The van der Waals surface area contributed by atoms with Crippen LogP contribution in [0.2, 0.25) is 0 Å². The van der Waals surface area contributed by atoms with Gasteiger partial charge in [-0.3, -0.25) is 0 Å². The third-order valence-corrected chi connectivity index (χ3v) is 3.10. The van der Waals surface area contributed by atoms with E-state index >= 15 is 0 Å². The van der Waals surface area contributed by atoms with Crippen LogP contribution in [0, 0.1) is 0 Å². The summed E-state index contributed by atoms with van der Waals surface area (Å²) in [4.78, 5) is 0. The summed E-state index contributed by atoms with van der Waals surface area (Å²) in [5.41, 5.74) is 0.939. The van der Waals surface area contributed by atoms with Gasteiger partial charge in [-0.2, -0.15) is 0 Å². The van der Waals surface area contributed by atoms with E-state index in [1.54, 1.807) is 41.6 Å². The first-order valence-electron chi connectivity index (χ1n) is 5.98. The molecule has 0 heterocycles. The smallest absolute Gasteiger partial charge is 0.164 e. The van der Waals surface area contributed by atoms with Crippen molar-refractivity contribution in [3.8, 4) is 17.2 Å². The summed E-state index contributed by atoms with van der Waals surface area (Å²) in [6, 6.07) is 3.68. The number of methoxy groups -OCH3 is 5. The molecule has 0 amide bonds. The van der Waals surface area contributed by atoms with E-state index < -0.39 is 0 Å². The van der Waals surface area contributed by atoms with E-state index in [1.807, 2.05) is 13.0 Å². The van der Waals surface area contributed by atoms with Crippen LogP contribution >= 0.6 is 0 Å². The Hall–Kier alpha value is -1.46. The Morgan fingerprint density at radius 3 is 1.63 bits per heavy atom. The maximum atomic E-state index is 5.40. The Morgan fingerprint density at radius 1 is 0.737 bits per heavy atom. The van der Waals surface area contributed by atoms with Crippen molar-refractivity contribution < 1.29 is 23.7 Å². The molecule has 1 atom stereocenters. The van der Waals surface area contributed by atoms with Gasteiger partial charge in [0.2, 0.25) is 0 Å². The highest BCUT2D eigenvalue weighted by Gasteiger charge is 2.23. The van der Waals surface area contributed by atoms with E-state index in [9.17, 15) is 0 Å². The van der Waals surface area contributed by atoms with Gasteiger partial charge >= 0.3 is 0 Å². The molecule has 0 spiro atoms. The molecule has 0 fully saturated rings. The molecule has 5 nitrogen and oxygen atoms in total. The fraction of sp³-hybridized carbons (Fsp3) is 0.571. The first kappa shape index (κ1) is 15.6. The molecule has 0 bridgehead atoms. The predicted octanol–water partition coefficient (Wildman–Crippen LogP) is 2.43. The van der Waals surface area contributed by atoms with Gasteiger partial charge < -0.3 is 23.7 Å². The lowest BCUT2D eigenvalue weighted by molar-refractivity contribution is -0.115. The molecule has 0 radical (unpaired) electrons. The van der Waals surface area contributed by atoms with Crippen molar-refractivity contribution in [1.82, 2.24) is 0 Å². The second kappa shape index (κ2) is 7.21. The van der Waals surface area contributed by atoms with Crippen molar-refractivity contribution in [2.24, 2.45) is 0 Å². The van der Waals surface area contributed by atoms with E-state index in [2.05, 4.69) is 0 Å². The first-order valence-corrected chi connectivity index (χ1v) is 5.98. The number of hydrogen-bond acceptors (Lipinski definition) is 5. The van der Waals surface area contributed by atoms with Crippen LogP contribution in [-0.2, 0) is 9.47 Å². The molecule has 0 aliphatic rings. The molecule has 1 rings (SSSR count). The zero-order valence-electron chi connectivity index (χ0n) is 12.4. The molecule has 108 valence electrons. The van der Waals surface area contributed by atoms with E-state index in [1.165, 1.54) is 0 Å². The Bertz CT molecular complexity index is 401. The molecular weight excluding hydrogens is 248 g/mol. The second-order valence-electron chi connectivity index (χ2n) is 4.08. The molecule has 1 aromatic rings. The van der Waals surface area contributed by atoms with Crippen LogP contribution in [0.4, 0.5) is 0 Å². The average Bonchev–Trinajstić information content (AvgIpc) is 2.46. The van der Waals surface area contributed by atoms with Crippen molar-refractivity contribution in [2.75, 3.05) is 35.5 Å². The van der Waals surface area contributed by atoms with Crippen LogP contribution in [-0.4, -0.2) is 41.8 Å². The Morgan fingerprint density at radius 2 is 1.21 bits per heavy atom. The van der Waals surface area contributed by atoms with E-state index in [-0.39, 0.29) is 12.2 Å². The van der Waals surface area contributed by atoms with Gasteiger partial charge in [0.05, 0.1) is 21.3 Å². The van der Waals surface area contributed by atoms with Crippen LogP contribution in [0.1, 0.15) is 18.4 Å². The molecule has 0 aliphatic carbocycles. The summed E-state index contributed by atoms with van der Waals surface area (Å²) in [6.07, 6.45) is -0.355. The van der Waals surface area contributed by atoms with Gasteiger partial charge in [-0.1, -0.05) is 6.92 Å². The van der Waals surface area contributed by atoms with E-state index in [4.69, 9.17) is 23.7 Å². The monoisotopic (exact) mass is 270 g/mol. The lowest BCUT2D eigenvalue weighted by Gasteiger charge is -2.24. The van der Waals surface area contributed by atoms with Gasteiger partial charge in [0.15, 0.2) is 17.8 Å². The van der Waals surface area contributed by atoms with Gasteiger partial charge in [-0.25, -0.2) is 0 Å². The van der Waals surface area contributed by atoms with E-state index in [0.29, 0.717) is 17.2 Å². The van der Waals surface area contributed by atoms with Crippen molar-refractivity contribution in [3.05, 3.63) is 17.7 Å². The summed E-state index contributed by atoms with van der Waals surface area (Å²) in [5, 5.41) is 0. The molecule has 0 aliphatic heterocycles. The van der Waals surface area contributed by atoms with Crippen LogP contribution in [0.15, 0.2) is 12.1 Å². The van der Waals surface area contributed by atoms with E-state index in [0.717, 1.165) is 5.56 Å². The minimum absolute atomic E-state index is 0.00949. The molecule has 5 heteroatoms. The zero-order valence-corrected chi connectivity index (χ0v) is 12.4. The molecule has 0 unspecified atom stereocenters. The first-order chi connectivity index (χ1) is 9.12. The maximum Gasteiger partial charge on any atom is 0.164 e. The van der Waals surface area contributed by atoms with Crippen LogP contribution < -0.4 is 14.2 Å². The summed E-state index contributed by atoms with van der Waals surface area (Å²) in [5.74, 6) is 1.98. The predicted molar refractivity (Wildman–Crippen MR) is 72.3 cm³/mol. The fourth-order valence-electron chi connectivity index (χ4n) is 2.06. The molecule has 0 saturated carbocycles. The topological polar surface area (TPSA) is 46.2 Å². The second-order valence-corrected chi connectivity index (χ2v) is 4.08.